The van der Waals surface area contributed by atoms with Gasteiger partial charge in [-0.05, 0) is 25.1 Å². The molecule has 0 bridgehead atoms. The molecule has 0 fully saturated rings. The highest BCUT2D eigenvalue weighted by molar-refractivity contribution is 5.97. The van der Waals surface area contributed by atoms with Crippen LogP contribution in [-0.2, 0) is 11.0 Å². The molecule has 4 N–H and O–H groups in total. The number of benzene rings is 1. The molecule has 20 heavy (non-hydrogen) atoms. The summed E-state index contributed by atoms with van der Waals surface area (Å²) in [7, 11) is 0. The van der Waals surface area contributed by atoms with Crippen LogP contribution in [0.25, 0.3) is 0 Å². The van der Waals surface area contributed by atoms with Crippen LogP contribution < -0.4 is 16.4 Å². The zero-order chi connectivity index (χ0) is 15.5. The van der Waals surface area contributed by atoms with Gasteiger partial charge in [-0.3, -0.25) is 10.1 Å². The van der Waals surface area contributed by atoms with Crippen LogP contribution in [0.4, 0.5) is 28.0 Å². The molecule has 0 heterocycles. The van der Waals surface area contributed by atoms with Crippen LogP contribution >= 0.6 is 0 Å². The van der Waals surface area contributed by atoms with E-state index in [1.807, 2.05) is 0 Å². The minimum Gasteiger partial charge on any atom is -0.372 e. The summed E-state index contributed by atoms with van der Waals surface area (Å²) in [4.78, 5) is 21.8. The van der Waals surface area contributed by atoms with Crippen molar-refractivity contribution in [2.75, 3.05) is 5.32 Å². The highest BCUT2D eigenvalue weighted by Gasteiger charge is 2.31. The molecule has 0 aliphatic rings. The minimum absolute atomic E-state index is 0.507. The number of rotatable bonds is 3. The van der Waals surface area contributed by atoms with Gasteiger partial charge in [-0.25, -0.2) is 9.18 Å². The summed E-state index contributed by atoms with van der Waals surface area (Å²) >= 11 is 0. The number of imide groups is 1. The Balaban J connectivity index is 2.92. The Labute approximate surface area is 111 Å². The zero-order valence-electron chi connectivity index (χ0n) is 10.2. The number of nitrogens with two attached hydrogens (primary N) is 1. The molecular weight excluding hydrogens is 282 g/mol. The Morgan fingerprint density at radius 3 is 2.40 bits per heavy atom. The summed E-state index contributed by atoms with van der Waals surface area (Å²) in [5, 5.41) is 3.95. The number of carbonyl (C=O) groups is 2. The fraction of sp³-hybridized carbons (Fsp3) is 0.273. The highest BCUT2D eigenvalue weighted by atomic mass is 19.4. The average Bonchev–Trinajstić information content (AvgIpc) is 2.29. The van der Waals surface area contributed by atoms with Gasteiger partial charge < -0.3 is 11.1 Å². The van der Waals surface area contributed by atoms with E-state index in [1.54, 1.807) is 5.32 Å². The SMILES string of the molecule is CC(Nc1cc(C(F)(F)F)ccc1F)C(=O)NC(N)=O. The highest BCUT2D eigenvalue weighted by Crippen LogP contribution is 2.31. The van der Waals surface area contributed by atoms with Crippen molar-refractivity contribution in [3.8, 4) is 0 Å². The number of carbonyl (C=O) groups excluding carboxylic acids is 2. The molecule has 1 aromatic carbocycles. The number of hydrogen-bond acceptors (Lipinski definition) is 3. The van der Waals surface area contributed by atoms with Gasteiger partial charge in [-0.1, -0.05) is 0 Å². The third kappa shape index (κ3) is 4.11. The lowest BCUT2D eigenvalue weighted by Gasteiger charge is -2.16. The first-order chi connectivity index (χ1) is 9.11. The first-order valence-corrected chi connectivity index (χ1v) is 5.35. The number of alkyl halides is 3. The van der Waals surface area contributed by atoms with Gasteiger partial charge in [-0.2, -0.15) is 13.2 Å². The minimum atomic E-state index is -4.64. The standard InChI is InChI=1S/C11H11F4N3O2/c1-5(9(19)18-10(16)20)17-8-4-6(11(13,14)15)2-3-7(8)12/h2-5,17H,1H3,(H3,16,18,19,20). The van der Waals surface area contributed by atoms with E-state index in [0.717, 1.165) is 0 Å². The Morgan fingerprint density at radius 2 is 1.90 bits per heavy atom. The van der Waals surface area contributed by atoms with Gasteiger partial charge in [0.1, 0.15) is 11.9 Å². The van der Waals surface area contributed by atoms with Crippen molar-refractivity contribution < 1.29 is 27.2 Å². The number of primary amides is 1. The summed E-state index contributed by atoms with van der Waals surface area (Å²) in [6, 6.07) is -0.532. The number of amides is 3. The molecule has 1 rings (SSSR count). The predicted molar refractivity (Wildman–Crippen MR) is 62.2 cm³/mol. The van der Waals surface area contributed by atoms with Crippen LogP contribution in [0.3, 0.4) is 0 Å². The number of anilines is 1. The number of hydrogen-bond donors (Lipinski definition) is 3. The van der Waals surface area contributed by atoms with E-state index in [1.165, 1.54) is 6.92 Å². The van der Waals surface area contributed by atoms with E-state index in [4.69, 9.17) is 5.73 Å². The molecule has 0 aromatic heterocycles. The quantitative estimate of drug-likeness (QED) is 0.743. The second-order valence-corrected chi connectivity index (χ2v) is 3.91. The van der Waals surface area contributed by atoms with Crippen LogP contribution in [-0.4, -0.2) is 18.0 Å². The molecule has 5 nitrogen and oxygen atoms in total. The molecule has 0 spiro atoms. The van der Waals surface area contributed by atoms with E-state index < -0.39 is 41.2 Å². The first kappa shape index (κ1) is 15.7. The normalized spacial score (nSPS) is 12.7. The molecule has 0 saturated carbocycles. The van der Waals surface area contributed by atoms with Crippen LogP contribution in [0.2, 0.25) is 0 Å². The molecule has 1 unspecified atom stereocenters. The third-order valence-electron chi connectivity index (χ3n) is 2.31. The largest absolute Gasteiger partial charge is 0.416 e. The maximum Gasteiger partial charge on any atom is 0.416 e. The van der Waals surface area contributed by atoms with Crippen LogP contribution in [0.15, 0.2) is 18.2 Å². The number of urea groups is 1. The molecular formula is C11H11F4N3O2. The van der Waals surface area contributed by atoms with Gasteiger partial charge in [-0.15, -0.1) is 0 Å². The van der Waals surface area contributed by atoms with Crippen LogP contribution in [0.1, 0.15) is 12.5 Å². The maximum atomic E-state index is 13.4. The molecule has 110 valence electrons. The lowest BCUT2D eigenvalue weighted by Crippen LogP contribution is -2.43. The van der Waals surface area contributed by atoms with Crippen molar-refractivity contribution in [1.29, 1.82) is 0 Å². The van der Waals surface area contributed by atoms with Crippen molar-refractivity contribution in [3.05, 3.63) is 29.6 Å². The Hall–Kier alpha value is -2.32. The monoisotopic (exact) mass is 293 g/mol. The van der Waals surface area contributed by atoms with E-state index in [2.05, 4.69) is 5.32 Å². The molecule has 0 saturated heterocycles. The topological polar surface area (TPSA) is 84.2 Å². The fourth-order valence-corrected chi connectivity index (χ4v) is 1.34. The van der Waals surface area contributed by atoms with Crippen molar-refractivity contribution in [2.24, 2.45) is 5.73 Å². The van der Waals surface area contributed by atoms with Gasteiger partial charge in [0.2, 0.25) is 5.91 Å². The number of halogens is 4. The van der Waals surface area contributed by atoms with Gasteiger partial charge in [0.05, 0.1) is 11.3 Å². The van der Waals surface area contributed by atoms with Crippen LogP contribution in [0.5, 0.6) is 0 Å². The van der Waals surface area contributed by atoms with E-state index >= 15 is 0 Å². The number of nitrogens with one attached hydrogen (secondary N) is 2. The zero-order valence-corrected chi connectivity index (χ0v) is 10.2. The van der Waals surface area contributed by atoms with Crippen molar-refractivity contribution in [2.45, 2.75) is 19.1 Å². The Kier molecular flexibility index (Phi) is 4.53. The van der Waals surface area contributed by atoms with Gasteiger partial charge in [0, 0.05) is 0 Å². The summed E-state index contributed by atoms with van der Waals surface area (Å²) in [6.07, 6.45) is -4.64. The Morgan fingerprint density at radius 1 is 1.30 bits per heavy atom. The lowest BCUT2D eigenvalue weighted by molar-refractivity contribution is -0.137. The molecule has 1 atom stereocenters. The van der Waals surface area contributed by atoms with Crippen molar-refractivity contribution >= 4 is 17.6 Å². The van der Waals surface area contributed by atoms with Crippen molar-refractivity contribution in [1.82, 2.24) is 5.32 Å². The maximum absolute atomic E-state index is 13.4. The second-order valence-electron chi connectivity index (χ2n) is 3.91. The molecule has 0 aliphatic heterocycles. The van der Waals surface area contributed by atoms with E-state index in [9.17, 15) is 27.2 Å². The van der Waals surface area contributed by atoms with E-state index in [0.29, 0.717) is 18.2 Å². The summed E-state index contributed by atoms with van der Waals surface area (Å²) in [5.74, 6) is -1.86. The predicted octanol–water partition coefficient (Wildman–Crippen LogP) is 1.84. The van der Waals surface area contributed by atoms with Gasteiger partial charge in [0.25, 0.3) is 0 Å². The molecule has 3 amide bonds. The van der Waals surface area contributed by atoms with Gasteiger partial charge in [0.15, 0.2) is 0 Å². The average molecular weight is 293 g/mol. The smallest absolute Gasteiger partial charge is 0.372 e. The lowest BCUT2D eigenvalue weighted by atomic mass is 10.1. The first-order valence-electron chi connectivity index (χ1n) is 5.35. The fourth-order valence-electron chi connectivity index (χ4n) is 1.34. The molecule has 0 radical (unpaired) electrons. The summed E-state index contributed by atoms with van der Waals surface area (Å²) < 4.78 is 50.8. The molecule has 0 aliphatic carbocycles. The molecule has 1 aromatic rings. The second kappa shape index (κ2) is 5.76. The Bertz CT molecular complexity index is 531. The van der Waals surface area contributed by atoms with Crippen molar-refractivity contribution in [3.63, 3.8) is 0 Å². The summed E-state index contributed by atoms with van der Waals surface area (Å²) in [6.45, 7) is 1.23. The third-order valence-corrected chi connectivity index (χ3v) is 2.31. The van der Waals surface area contributed by atoms with E-state index in [-0.39, 0.29) is 0 Å². The van der Waals surface area contributed by atoms with Crippen LogP contribution in [0, 0.1) is 5.82 Å². The van der Waals surface area contributed by atoms with Gasteiger partial charge >= 0.3 is 12.2 Å². The summed E-state index contributed by atoms with van der Waals surface area (Å²) in [5.41, 5.74) is 3.14. The molecule has 9 heteroatoms.